The summed E-state index contributed by atoms with van der Waals surface area (Å²) in [5.41, 5.74) is 0.881. The quantitative estimate of drug-likeness (QED) is 0.467. The highest BCUT2D eigenvalue weighted by Gasteiger charge is 2.06. The standard InChI is InChI=1S/C7H8BrClN2S/c1-3-12-7-10-4(2)5(8)6(9)11-7/h3H2,1-2H3. The number of aromatic nitrogens is 2. The summed E-state index contributed by atoms with van der Waals surface area (Å²) >= 11 is 10.7. The zero-order valence-corrected chi connectivity index (χ0v) is 9.92. The Kier molecular flexibility index (Phi) is 3.80. The molecule has 0 aliphatic rings. The molecule has 0 N–H and O–H groups in total. The lowest BCUT2D eigenvalue weighted by Crippen LogP contribution is -1.92. The van der Waals surface area contributed by atoms with Crippen molar-refractivity contribution < 1.29 is 0 Å². The Morgan fingerprint density at radius 1 is 1.50 bits per heavy atom. The molecule has 1 aromatic heterocycles. The number of thioether (sulfide) groups is 1. The highest BCUT2D eigenvalue weighted by molar-refractivity contribution is 9.10. The summed E-state index contributed by atoms with van der Waals surface area (Å²) in [5, 5.41) is 1.22. The monoisotopic (exact) mass is 266 g/mol. The van der Waals surface area contributed by atoms with Gasteiger partial charge in [0, 0.05) is 0 Å². The number of rotatable bonds is 2. The molecular formula is C7H8BrClN2S. The number of halogens is 2. The molecule has 0 bridgehead atoms. The van der Waals surface area contributed by atoms with E-state index in [1.54, 1.807) is 11.8 Å². The van der Waals surface area contributed by atoms with Crippen LogP contribution in [0.15, 0.2) is 9.63 Å². The van der Waals surface area contributed by atoms with E-state index >= 15 is 0 Å². The molecule has 0 fully saturated rings. The van der Waals surface area contributed by atoms with E-state index < -0.39 is 0 Å². The van der Waals surface area contributed by atoms with Crippen molar-refractivity contribution in [1.82, 2.24) is 9.97 Å². The van der Waals surface area contributed by atoms with Crippen LogP contribution in [-0.2, 0) is 0 Å². The van der Waals surface area contributed by atoms with Gasteiger partial charge in [-0.25, -0.2) is 9.97 Å². The van der Waals surface area contributed by atoms with Crippen LogP contribution in [0.4, 0.5) is 0 Å². The van der Waals surface area contributed by atoms with Crippen LogP contribution in [0.5, 0.6) is 0 Å². The fourth-order valence-corrected chi connectivity index (χ4v) is 1.75. The molecule has 0 aliphatic carbocycles. The summed E-state index contributed by atoms with van der Waals surface area (Å²) in [6, 6.07) is 0. The Hall–Kier alpha value is 0.200. The zero-order chi connectivity index (χ0) is 9.14. The predicted molar refractivity (Wildman–Crippen MR) is 55.9 cm³/mol. The predicted octanol–water partition coefficient (Wildman–Crippen LogP) is 3.31. The van der Waals surface area contributed by atoms with E-state index in [4.69, 9.17) is 11.6 Å². The van der Waals surface area contributed by atoms with E-state index in [1.165, 1.54) is 0 Å². The van der Waals surface area contributed by atoms with Gasteiger partial charge in [-0.1, -0.05) is 30.3 Å². The molecule has 12 heavy (non-hydrogen) atoms. The van der Waals surface area contributed by atoms with Crippen LogP contribution in [0.2, 0.25) is 5.15 Å². The van der Waals surface area contributed by atoms with Crippen molar-refractivity contribution in [3.8, 4) is 0 Å². The molecule has 0 saturated carbocycles. The summed E-state index contributed by atoms with van der Waals surface area (Å²) in [6.07, 6.45) is 0. The van der Waals surface area contributed by atoms with E-state index in [9.17, 15) is 0 Å². The molecule has 0 aromatic carbocycles. The summed E-state index contributed by atoms with van der Waals surface area (Å²) in [5.74, 6) is 0.956. The van der Waals surface area contributed by atoms with Crippen molar-refractivity contribution in [2.24, 2.45) is 0 Å². The molecule has 0 aliphatic heterocycles. The van der Waals surface area contributed by atoms with Crippen LogP contribution in [0.25, 0.3) is 0 Å². The smallest absolute Gasteiger partial charge is 0.189 e. The topological polar surface area (TPSA) is 25.8 Å². The van der Waals surface area contributed by atoms with E-state index in [0.717, 1.165) is 21.1 Å². The van der Waals surface area contributed by atoms with Crippen LogP contribution in [0.1, 0.15) is 12.6 Å². The minimum Gasteiger partial charge on any atom is -0.227 e. The van der Waals surface area contributed by atoms with Crippen molar-refractivity contribution in [3.63, 3.8) is 0 Å². The van der Waals surface area contributed by atoms with Crippen LogP contribution in [-0.4, -0.2) is 15.7 Å². The lowest BCUT2D eigenvalue weighted by molar-refractivity contribution is 0.923. The lowest BCUT2D eigenvalue weighted by Gasteiger charge is -2.02. The van der Waals surface area contributed by atoms with Gasteiger partial charge in [-0.3, -0.25) is 0 Å². The number of nitrogens with zero attached hydrogens (tertiary/aromatic N) is 2. The number of aryl methyl sites for hydroxylation is 1. The SMILES string of the molecule is CCSc1nc(C)c(Br)c(Cl)n1. The highest BCUT2D eigenvalue weighted by atomic mass is 79.9. The summed E-state index contributed by atoms with van der Waals surface area (Å²) in [6.45, 7) is 3.96. The first-order valence-corrected chi connectivity index (χ1v) is 5.63. The Morgan fingerprint density at radius 2 is 2.17 bits per heavy atom. The second-order valence-corrected chi connectivity index (χ2v) is 4.51. The molecule has 0 unspecified atom stereocenters. The van der Waals surface area contributed by atoms with Crippen LogP contribution >= 0.6 is 39.3 Å². The van der Waals surface area contributed by atoms with Gasteiger partial charge in [-0.2, -0.15) is 0 Å². The van der Waals surface area contributed by atoms with Crippen molar-refractivity contribution in [1.29, 1.82) is 0 Å². The maximum absolute atomic E-state index is 5.84. The number of hydrogen-bond acceptors (Lipinski definition) is 3. The van der Waals surface area contributed by atoms with Gasteiger partial charge in [0.2, 0.25) is 0 Å². The van der Waals surface area contributed by atoms with Crippen molar-refractivity contribution in [2.75, 3.05) is 5.75 Å². The zero-order valence-electron chi connectivity index (χ0n) is 6.77. The molecule has 0 saturated heterocycles. The summed E-state index contributed by atoms with van der Waals surface area (Å²) in [4.78, 5) is 8.34. The molecule has 66 valence electrons. The molecule has 2 nitrogen and oxygen atoms in total. The molecule has 0 atom stereocenters. The maximum Gasteiger partial charge on any atom is 0.189 e. The molecule has 0 spiro atoms. The summed E-state index contributed by atoms with van der Waals surface area (Å²) < 4.78 is 0.782. The molecule has 1 rings (SSSR count). The van der Waals surface area contributed by atoms with Gasteiger partial charge in [0.15, 0.2) is 5.16 Å². The second-order valence-electron chi connectivity index (χ2n) is 2.13. The fourth-order valence-electron chi connectivity index (χ4n) is 0.694. The average molecular weight is 268 g/mol. The minimum absolute atomic E-state index is 0.485. The first kappa shape index (κ1) is 10.3. The molecule has 1 aromatic rings. The lowest BCUT2D eigenvalue weighted by atomic mass is 10.5. The maximum atomic E-state index is 5.84. The third-order valence-corrected chi connectivity index (χ3v) is 3.41. The van der Waals surface area contributed by atoms with Gasteiger partial charge in [-0.05, 0) is 28.6 Å². The fraction of sp³-hybridized carbons (Fsp3) is 0.429. The van der Waals surface area contributed by atoms with Gasteiger partial charge >= 0.3 is 0 Å². The summed E-state index contributed by atoms with van der Waals surface area (Å²) in [7, 11) is 0. The van der Waals surface area contributed by atoms with E-state index in [1.807, 2.05) is 6.92 Å². The Labute approximate surface area is 89.3 Å². The largest absolute Gasteiger partial charge is 0.227 e. The van der Waals surface area contributed by atoms with Gasteiger partial charge in [0.05, 0.1) is 10.2 Å². The van der Waals surface area contributed by atoms with Gasteiger partial charge in [-0.15, -0.1) is 0 Å². The van der Waals surface area contributed by atoms with E-state index in [-0.39, 0.29) is 0 Å². The molecule has 0 amide bonds. The molecule has 0 radical (unpaired) electrons. The Morgan fingerprint density at radius 3 is 2.67 bits per heavy atom. The third kappa shape index (κ3) is 2.34. The Bertz CT molecular complexity index is 270. The van der Waals surface area contributed by atoms with Crippen molar-refractivity contribution in [3.05, 3.63) is 15.3 Å². The molecular weight excluding hydrogens is 260 g/mol. The normalized spacial score (nSPS) is 10.3. The second kappa shape index (κ2) is 4.44. The van der Waals surface area contributed by atoms with Gasteiger partial charge in [0.25, 0.3) is 0 Å². The first-order valence-electron chi connectivity index (χ1n) is 3.47. The molecule has 1 heterocycles. The van der Waals surface area contributed by atoms with Gasteiger partial charge < -0.3 is 0 Å². The third-order valence-electron chi connectivity index (χ3n) is 1.23. The van der Waals surface area contributed by atoms with Crippen molar-refractivity contribution >= 4 is 39.3 Å². The van der Waals surface area contributed by atoms with Crippen LogP contribution < -0.4 is 0 Å². The minimum atomic E-state index is 0.485. The Balaban J connectivity index is 3.04. The average Bonchev–Trinajstić information content (AvgIpc) is 2.01. The first-order chi connectivity index (χ1) is 5.65. The molecule has 5 heteroatoms. The van der Waals surface area contributed by atoms with Crippen LogP contribution in [0.3, 0.4) is 0 Å². The number of hydrogen-bond donors (Lipinski definition) is 0. The van der Waals surface area contributed by atoms with Crippen molar-refractivity contribution in [2.45, 2.75) is 19.0 Å². The van der Waals surface area contributed by atoms with E-state index in [2.05, 4.69) is 32.8 Å². The van der Waals surface area contributed by atoms with E-state index in [0.29, 0.717) is 5.15 Å². The van der Waals surface area contributed by atoms with Gasteiger partial charge in [0.1, 0.15) is 5.15 Å². The highest BCUT2D eigenvalue weighted by Crippen LogP contribution is 2.25. The van der Waals surface area contributed by atoms with Crippen LogP contribution in [0, 0.1) is 6.92 Å².